The molecule has 1 atom stereocenters. The normalized spacial score (nSPS) is 11.9. The summed E-state index contributed by atoms with van der Waals surface area (Å²) in [7, 11) is 3.82. The molecule has 6 heteroatoms. The number of hydrogen-bond donors (Lipinski definition) is 3. The van der Waals surface area contributed by atoms with Gasteiger partial charge in [0.15, 0.2) is 0 Å². The number of amides is 1. The first-order chi connectivity index (χ1) is 9.49. The molecular weight excluding hydrogens is 254 g/mol. The minimum absolute atomic E-state index is 0.115. The molecule has 106 valence electrons. The predicted octanol–water partition coefficient (Wildman–Crippen LogP) is 1.55. The van der Waals surface area contributed by atoms with Crippen molar-refractivity contribution < 1.29 is 4.79 Å². The van der Waals surface area contributed by atoms with Crippen molar-refractivity contribution >= 4 is 17.3 Å². The summed E-state index contributed by atoms with van der Waals surface area (Å²) >= 11 is 0. The third-order valence-corrected chi connectivity index (χ3v) is 3.14. The Hall–Kier alpha value is -2.50. The third-order valence-electron chi connectivity index (χ3n) is 3.14. The maximum atomic E-state index is 12.2. The number of hydrogen-bond acceptors (Lipinski definition) is 4. The van der Waals surface area contributed by atoms with E-state index in [0.717, 1.165) is 11.3 Å². The van der Waals surface area contributed by atoms with Gasteiger partial charge in [0, 0.05) is 31.4 Å². The van der Waals surface area contributed by atoms with Gasteiger partial charge in [0.05, 0.1) is 23.6 Å². The molecule has 0 spiro atoms. The molecule has 0 fully saturated rings. The fourth-order valence-corrected chi connectivity index (χ4v) is 1.96. The number of nitrogens with one attached hydrogen (secondary N) is 2. The molecule has 0 bridgehead atoms. The molecule has 0 saturated heterocycles. The van der Waals surface area contributed by atoms with Crippen LogP contribution >= 0.6 is 0 Å². The monoisotopic (exact) mass is 273 g/mol. The second-order valence-corrected chi connectivity index (χ2v) is 4.89. The molecular formula is C14H19N5O. The molecule has 1 amide bonds. The summed E-state index contributed by atoms with van der Waals surface area (Å²) in [6.07, 6.45) is 3.45. The van der Waals surface area contributed by atoms with Gasteiger partial charge in [-0.2, -0.15) is 5.10 Å². The van der Waals surface area contributed by atoms with Gasteiger partial charge in [-0.25, -0.2) is 0 Å². The summed E-state index contributed by atoms with van der Waals surface area (Å²) in [5.74, 6) is -0.157. The molecule has 2 aromatic rings. The van der Waals surface area contributed by atoms with Crippen LogP contribution in [-0.2, 0) is 0 Å². The number of aromatic amines is 1. The van der Waals surface area contributed by atoms with Crippen molar-refractivity contribution in [2.24, 2.45) is 0 Å². The predicted molar refractivity (Wildman–Crippen MR) is 79.7 cm³/mol. The number of nitrogen functional groups attached to an aromatic ring is 1. The molecule has 1 heterocycles. The van der Waals surface area contributed by atoms with E-state index in [-0.39, 0.29) is 11.9 Å². The Kier molecular flexibility index (Phi) is 3.93. The SMILES string of the molecule is CC(NC(=O)c1ccc(N(C)C)c(N)c1)c1cn[nH]c1. The summed E-state index contributed by atoms with van der Waals surface area (Å²) in [5, 5.41) is 9.50. The number of rotatable bonds is 4. The average Bonchev–Trinajstić information content (AvgIpc) is 2.91. The highest BCUT2D eigenvalue weighted by Gasteiger charge is 2.13. The zero-order valence-corrected chi connectivity index (χ0v) is 11.8. The zero-order chi connectivity index (χ0) is 14.7. The minimum Gasteiger partial charge on any atom is -0.397 e. The smallest absolute Gasteiger partial charge is 0.251 e. The van der Waals surface area contributed by atoms with Crippen molar-refractivity contribution in [3.8, 4) is 0 Å². The van der Waals surface area contributed by atoms with Gasteiger partial charge in [0.1, 0.15) is 0 Å². The maximum Gasteiger partial charge on any atom is 0.251 e. The Morgan fingerprint density at radius 1 is 1.45 bits per heavy atom. The minimum atomic E-state index is -0.157. The second-order valence-electron chi connectivity index (χ2n) is 4.89. The van der Waals surface area contributed by atoms with Crippen molar-refractivity contribution in [1.29, 1.82) is 0 Å². The van der Waals surface area contributed by atoms with Gasteiger partial charge in [0.2, 0.25) is 0 Å². The molecule has 1 unspecified atom stereocenters. The van der Waals surface area contributed by atoms with Gasteiger partial charge in [-0.15, -0.1) is 0 Å². The van der Waals surface area contributed by atoms with E-state index in [1.165, 1.54) is 0 Å². The van der Waals surface area contributed by atoms with E-state index in [1.807, 2.05) is 32.0 Å². The number of benzene rings is 1. The molecule has 0 radical (unpaired) electrons. The lowest BCUT2D eigenvalue weighted by Crippen LogP contribution is -2.26. The van der Waals surface area contributed by atoms with E-state index < -0.39 is 0 Å². The van der Waals surface area contributed by atoms with E-state index in [1.54, 1.807) is 24.5 Å². The number of carbonyl (C=O) groups excluding carboxylic acids is 1. The molecule has 1 aromatic heterocycles. The van der Waals surface area contributed by atoms with Gasteiger partial charge in [0.25, 0.3) is 5.91 Å². The van der Waals surface area contributed by atoms with Crippen molar-refractivity contribution in [2.45, 2.75) is 13.0 Å². The number of H-pyrrole nitrogens is 1. The number of anilines is 2. The van der Waals surface area contributed by atoms with Gasteiger partial charge in [-0.3, -0.25) is 9.89 Å². The highest BCUT2D eigenvalue weighted by molar-refractivity contribution is 5.96. The molecule has 20 heavy (non-hydrogen) atoms. The van der Waals surface area contributed by atoms with Crippen LogP contribution in [-0.4, -0.2) is 30.2 Å². The molecule has 4 N–H and O–H groups in total. The summed E-state index contributed by atoms with van der Waals surface area (Å²) < 4.78 is 0. The highest BCUT2D eigenvalue weighted by atomic mass is 16.1. The number of nitrogens with zero attached hydrogens (tertiary/aromatic N) is 2. The van der Waals surface area contributed by atoms with Crippen molar-refractivity contribution in [3.63, 3.8) is 0 Å². The Morgan fingerprint density at radius 3 is 2.75 bits per heavy atom. The Balaban J connectivity index is 2.12. The third kappa shape index (κ3) is 2.90. The van der Waals surface area contributed by atoms with Crippen LogP contribution in [0, 0.1) is 0 Å². The topological polar surface area (TPSA) is 87.0 Å². The van der Waals surface area contributed by atoms with Crippen LogP contribution in [0.15, 0.2) is 30.6 Å². The summed E-state index contributed by atoms with van der Waals surface area (Å²) in [5.41, 5.74) is 8.90. The van der Waals surface area contributed by atoms with E-state index in [9.17, 15) is 4.79 Å². The molecule has 0 aliphatic heterocycles. The zero-order valence-electron chi connectivity index (χ0n) is 11.8. The number of carbonyl (C=O) groups is 1. The average molecular weight is 273 g/mol. The Labute approximate surface area is 118 Å². The van der Waals surface area contributed by atoms with Gasteiger partial charge >= 0.3 is 0 Å². The summed E-state index contributed by atoms with van der Waals surface area (Å²) in [4.78, 5) is 14.1. The lowest BCUT2D eigenvalue weighted by atomic mass is 10.1. The van der Waals surface area contributed by atoms with Crippen LogP contribution in [0.25, 0.3) is 0 Å². The quantitative estimate of drug-likeness (QED) is 0.738. The summed E-state index contributed by atoms with van der Waals surface area (Å²) in [6.45, 7) is 1.90. The maximum absolute atomic E-state index is 12.2. The highest BCUT2D eigenvalue weighted by Crippen LogP contribution is 2.22. The standard InChI is InChI=1S/C14H19N5O/c1-9(11-7-16-17-8-11)18-14(20)10-4-5-13(19(2)3)12(15)6-10/h4-9H,15H2,1-3H3,(H,16,17)(H,18,20). The van der Waals surface area contributed by atoms with Crippen LogP contribution in [0.3, 0.4) is 0 Å². The molecule has 0 aliphatic carbocycles. The van der Waals surface area contributed by atoms with Gasteiger partial charge in [-0.1, -0.05) is 0 Å². The van der Waals surface area contributed by atoms with Crippen LogP contribution in [0.1, 0.15) is 28.9 Å². The molecule has 6 nitrogen and oxygen atoms in total. The molecule has 0 aliphatic rings. The van der Waals surface area contributed by atoms with Crippen LogP contribution < -0.4 is 16.0 Å². The van der Waals surface area contributed by atoms with E-state index in [4.69, 9.17) is 5.73 Å². The first kappa shape index (κ1) is 13.9. The summed E-state index contributed by atoms with van der Waals surface area (Å²) in [6, 6.07) is 5.18. The van der Waals surface area contributed by atoms with Gasteiger partial charge in [-0.05, 0) is 25.1 Å². The Morgan fingerprint density at radius 2 is 2.20 bits per heavy atom. The fraction of sp³-hybridized carbons (Fsp3) is 0.286. The van der Waals surface area contributed by atoms with Gasteiger partial charge < -0.3 is 16.0 Å². The Bertz CT molecular complexity index is 592. The number of aromatic nitrogens is 2. The molecule has 0 saturated carbocycles. The van der Waals surface area contributed by atoms with E-state index in [0.29, 0.717) is 11.3 Å². The first-order valence-corrected chi connectivity index (χ1v) is 6.35. The van der Waals surface area contributed by atoms with Crippen LogP contribution in [0.4, 0.5) is 11.4 Å². The van der Waals surface area contributed by atoms with Crippen molar-refractivity contribution in [1.82, 2.24) is 15.5 Å². The second kappa shape index (κ2) is 5.64. The van der Waals surface area contributed by atoms with Crippen LogP contribution in [0.2, 0.25) is 0 Å². The van der Waals surface area contributed by atoms with Crippen molar-refractivity contribution in [3.05, 3.63) is 41.7 Å². The van der Waals surface area contributed by atoms with E-state index in [2.05, 4.69) is 15.5 Å². The van der Waals surface area contributed by atoms with E-state index >= 15 is 0 Å². The molecule has 2 rings (SSSR count). The largest absolute Gasteiger partial charge is 0.397 e. The molecule has 1 aromatic carbocycles. The lowest BCUT2D eigenvalue weighted by molar-refractivity contribution is 0.0940. The van der Waals surface area contributed by atoms with Crippen LogP contribution in [0.5, 0.6) is 0 Å². The lowest BCUT2D eigenvalue weighted by Gasteiger charge is -2.17. The first-order valence-electron chi connectivity index (χ1n) is 6.35. The van der Waals surface area contributed by atoms with Crippen molar-refractivity contribution in [2.75, 3.05) is 24.7 Å². The fourth-order valence-electron chi connectivity index (χ4n) is 1.96. The number of nitrogens with two attached hydrogens (primary N) is 1.